The second-order valence-electron chi connectivity index (χ2n) is 6.57. The molecule has 1 fully saturated rings. The van der Waals surface area contributed by atoms with E-state index in [1.807, 2.05) is 7.05 Å². The summed E-state index contributed by atoms with van der Waals surface area (Å²) in [7, 11) is 2.02. The Morgan fingerprint density at radius 1 is 1.28 bits per heavy atom. The topological polar surface area (TPSA) is 12.0 Å². The third-order valence-electron chi connectivity index (χ3n) is 5.52. The van der Waals surface area contributed by atoms with Gasteiger partial charge in [-0.3, -0.25) is 0 Å². The minimum absolute atomic E-state index is 0.429. The Kier molecular flexibility index (Phi) is 2.88. The van der Waals surface area contributed by atoms with Crippen LogP contribution in [0.4, 0.5) is 5.69 Å². The fraction of sp³-hybridized carbons (Fsp3) is 0.647. The number of nitrogens with one attached hydrogen (secondary N) is 1. The highest BCUT2D eigenvalue weighted by Gasteiger charge is 2.44. The van der Waals surface area contributed by atoms with Crippen LogP contribution in [0.2, 0.25) is 0 Å². The van der Waals surface area contributed by atoms with Crippen molar-refractivity contribution in [3.63, 3.8) is 0 Å². The van der Waals surface area contributed by atoms with Gasteiger partial charge in [0.15, 0.2) is 0 Å². The van der Waals surface area contributed by atoms with Crippen molar-refractivity contribution in [3.8, 4) is 0 Å². The predicted octanol–water partition coefficient (Wildman–Crippen LogP) is 4.37. The Hall–Kier alpha value is -0.980. The first-order chi connectivity index (χ1) is 8.65. The number of hydrogen-bond donors (Lipinski definition) is 1. The van der Waals surface area contributed by atoms with Gasteiger partial charge in [-0.15, -0.1) is 0 Å². The molecule has 0 heterocycles. The highest BCUT2D eigenvalue weighted by atomic mass is 14.8. The van der Waals surface area contributed by atoms with Crippen LogP contribution in [0.3, 0.4) is 0 Å². The molecule has 0 radical (unpaired) electrons. The maximum Gasteiger partial charge on any atom is 0.0340 e. The summed E-state index contributed by atoms with van der Waals surface area (Å²) in [5.74, 6) is 1.74. The molecule has 1 N–H and O–H groups in total. The number of rotatable bonds is 1. The molecule has 1 heteroatoms. The van der Waals surface area contributed by atoms with Crippen molar-refractivity contribution in [3.05, 3.63) is 29.3 Å². The number of fused-ring (bicyclic) bond motifs is 3. The molecule has 3 atom stereocenters. The first kappa shape index (κ1) is 12.1. The maximum absolute atomic E-state index is 3.30. The summed E-state index contributed by atoms with van der Waals surface area (Å²) in [6.07, 6.45) is 6.93. The van der Waals surface area contributed by atoms with Gasteiger partial charge in [0.2, 0.25) is 0 Å². The van der Waals surface area contributed by atoms with E-state index in [4.69, 9.17) is 0 Å². The third-order valence-corrected chi connectivity index (χ3v) is 5.52. The van der Waals surface area contributed by atoms with Crippen LogP contribution in [-0.2, 0) is 11.8 Å². The lowest BCUT2D eigenvalue weighted by Crippen LogP contribution is -2.43. The molecule has 3 rings (SSSR count). The van der Waals surface area contributed by atoms with E-state index in [2.05, 4.69) is 37.4 Å². The molecule has 18 heavy (non-hydrogen) atoms. The molecule has 1 unspecified atom stereocenters. The van der Waals surface area contributed by atoms with E-state index < -0.39 is 0 Å². The first-order valence-corrected chi connectivity index (χ1v) is 7.46. The van der Waals surface area contributed by atoms with Gasteiger partial charge in [0.1, 0.15) is 0 Å². The Morgan fingerprint density at radius 3 is 2.89 bits per heavy atom. The summed E-state index contributed by atoms with van der Waals surface area (Å²) in [5.41, 5.74) is 4.94. The summed E-state index contributed by atoms with van der Waals surface area (Å²) in [6, 6.07) is 7.01. The molecule has 0 amide bonds. The largest absolute Gasteiger partial charge is 0.388 e. The van der Waals surface area contributed by atoms with Crippen LogP contribution in [0.1, 0.15) is 50.7 Å². The van der Waals surface area contributed by atoms with Crippen LogP contribution in [0.15, 0.2) is 18.2 Å². The van der Waals surface area contributed by atoms with E-state index in [0.29, 0.717) is 5.41 Å². The van der Waals surface area contributed by atoms with Crippen molar-refractivity contribution in [2.75, 3.05) is 12.4 Å². The van der Waals surface area contributed by atoms with Crippen LogP contribution in [0, 0.1) is 11.8 Å². The molecule has 0 aromatic heterocycles. The van der Waals surface area contributed by atoms with E-state index in [0.717, 1.165) is 11.8 Å². The average Bonchev–Trinajstić information content (AvgIpc) is 2.38. The van der Waals surface area contributed by atoms with E-state index >= 15 is 0 Å². The highest BCUT2D eigenvalue weighted by molar-refractivity contribution is 5.52. The zero-order valence-electron chi connectivity index (χ0n) is 11.9. The van der Waals surface area contributed by atoms with Gasteiger partial charge in [-0.05, 0) is 59.8 Å². The zero-order chi connectivity index (χ0) is 12.8. The van der Waals surface area contributed by atoms with Crippen molar-refractivity contribution in [1.82, 2.24) is 0 Å². The molecule has 0 aliphatic heterocycles. The highest BCUT2D eigenvalue weighted by Crippen LogP contribution is 2.52. The smallest absolute Gasteiger partial charge is 0.0340 e. The molecule has 1 saturated carbocycles. The van der Waals surface area contributed by atoms with Crippen molar-refractivity contribution in [2.24, 2.45) is 11.8 Å². The lowest BCUT2D eigenvalue weighted by atomic mass is 9.55. The second-order valence-corrected chi connectivity index (χ2v) is 6.57. The molecule has 1 aromatic rings. The van der Waals surface area contributed by atoms with Gasteiger partial charge in [-0.2, -0.15) is 0 Å². The molecule has 0 saturated heterocycles. The van der Waals surface area contributed by atoms with Gasteiger partial charge in [-0.1, -0.05) is 32.8 Å². The molecule has 1 aromatic carbocycles. The Bertz CT molecular complexity index is 451. The summed E-state index contributed by atoms with van der Waals surface area (Å²) >= 11 is 0. The fourth-order valence-electron chi connectivity index (χ4n) is 4.54. The molecule has 98 valence electrons. The van der Waals surface area contributed by atoms with Gasteiger partial charge in [-0.25, -0.2) is 0 Å². The molecule has 1 nitrogen and oxygen atoms in total. The summed E-state index contributed by atoms with van der Waals surface area (Å²) in [6.45, 7) is 4.98. The quantitative estimate of drug-likeness (QED) is 0.772. The Labute approximate surface area is 111 Å². The van der Waals surface area contributed by atoms with E-state index in [-0.39, 0.29) is 0 Å². The molecule has 0 spiro atoms. The average molecular weight is 243 g/mol. The van der Waals surface area contributed by atoms with Gasteiger partial charge in [0, 0.05) is 12.7 Å². The minimum atomic E-state index is 0.429. The van der Waals surface area contributed by atoms with Crippen molar-refractivity contribution >= 4 is 5.69 Å². The van der Waals surface area contributed by atoms with Crippen molar-refractivity contribution < 1.29 is 0 Å². The van der Waals surface area contributed by atoms with Gasteiger partial charge in [0.25, 0.3) is 0 Å². The normalized spacial score (nSPS) is 34.6. The van der Waals surface area contributed by atoms with Crippen LogP contribution in [-0.4, -0.2) is 7.05 Å². The van der Waals surface area contributed by atoms with Crippen LogP contribution < -0.4 is 5.32 Å². The Morgan fingerprint density at radius 2 is 2.11 bits per heavy atom. The number of anilines is 1. The van der Waals surface area contributed by atoms with Crippen LogP contribution in [0.25, 0.3) is 0 Å². The van der Waals surface area contributed by atoms with E-state index in [1.54, 1.807) is 11.1 Å². The van der Waals surface area contributed by atoms with Crippen LogP contribution >= 0.6 is 0 Å². The molecule has 2 aliphatic rings. The lowest BCUT2D eigenvalue weighted by Gasteiger charge is -2.49. The summed E-state index contributed by atoms with van der Waals surface area (Å²) < 4.78 is 0. The first-order valence-electron chi connectivity index (χ1n) is 7.46. The monoisotopic (exact) mass is 243 g/mol. The summed E-state index contributed by atoms with van der Waals surface area (Å²) in [4.78, 5) is 0. The number of hydrogen-bond acceptors (Lipinski definition) is 1. The van der Waals surface area contributed by atoms with Crippen molar-refractivity contribution in [2.45, 2.75) is 51.4 Å². The Balaban J connectivity index is 2.11. The maximum atomic E-state index is 3.30. The molecular weight excluding hydrogens is 218 g/mol. The standard InChI is InChI=1S/C17H25N/c1-12-10-13-7-8-14(18-3)11-16(13)17(2)9-5-4-6-15(12)17/h7-8,11-12,15,18H,4-6,9-10H2,1-3H3/t12-,15?,17+/m0/s1. The van der Waals surface area contributed by atoms with Gasteiger partial charge < -0.3 is 5.32 Å². The third kappa shape index (κ3) is 1.67. The minimum Gasteiger partial charge on any atom is -0.388 e. The molecule has 2 aliphatic carbocycles. The number of benzene rings is 1. The van der Waals surface area contributed by atoms with E-state index in [9.17, 15) is 0 Å². The molecule has 0 bridgehead atoms. The SMILES string of the molecule is CNc1ccc2c(c1)[C@]1(C)CCCCC1[C@@H](C)C2. The second kappa shape index (κ2) is 4.29. The summed E-state index contributed by atoms with van der Waals surface area (Å²) in [5, 5.41) is 3.30. The van der Waals surface area contributed by atoms with E-state index in [1.165, 1.54) is 37.8 Å². The van der Waals surface area contributed by atoms with Crippen molar-refractivity contribution in [1.29, 1.82) is 0 Å². The van der Waals surface area contributed by atoms with Gasteiger partial charge in [0.05, 0.1) is 0 Å². The van der Waals surface area contributed by atoms with Crippen LogP contribution in [0.5, 0.6) is 0 Å². The fourth-order valence-corrected chi connectivity index (χ4v) is 4.54. The predicted molar refractivity (Wildman–Crippen MR) is 78.2 cm³/mol. The lowest BCUT2D eigenvalue weighted by molar-refractivity contribution is 0.127. The zero-order valence-corrected chi connectivity index (χ0v) is 11.9. The molecular formula is C17H25N. The van der Waals surface area contributed by atoms with Gasteiger partial charge >= 0.3 is 0 Å².